The second kappa shape index (κ2) is 9.28. The van der Waals surface area contributed by atoms with E-state index in [0.29, 0.717) is 12.5 Å². The molecule has 1 aromatic heterocycles. The molecule has 0 spiro atoms. The van der Waals surface area contributed by atoms with Crippen molar-refractivity contribution in [2.75, 3.05) is 24.9 Å². The monoisotopic (exact) mass is 433 g/mol. The minimum Gasteiger partial charge on any atom is -0.462 e. The Kier molecular flexibility index (Phi) is 6.95. The number of rotatable bonds is 3. The van der Waals surface area contributed by atoms with Gasteiger partial charge in [-0.1, -0.05) is 12.1 Å². The summed E-state index contributed by atoms with van der Waals surface area (Å²) in [7, 11) is 4.03. The van der Waals surface area contributed by atoms with E-state index < -0.39 is 11.2 Å². The smallest absolute Gasteiger partial charge is 0.293 e. The second-order valence-corrected chi connectivity index (χ2v) is 9.90. The molecule has 8 nitrogen and oxygen atoms in total. The lowest BCUT2D eigenvalue weighted by atomic mass is 10.0. The molecule has 1 saturated heterocycles. The van der Waals surface area contributed by atoms with Gasteiger partial charge in [0.05, 0.1) is 11.9 Å². The molecule has 30 heavy (non-hydrogen) atoms. The Hall–Kier alpha value is -2.23. The van der Waals surface area contributed by atoms with E-state index in [-0.39, 0.29) is 5.60 Å². The topological polar surface area (TPSA) is 79.7 Å². The van der Waals surface area contributed by atoms with Crippen molar-refractivity contribution in [1.82, 2.24) is 19.0 Å². The lowest BCUT2D eigenvalue weighted by Crippen LogP contribution is -2.43. The lowest BCUT2D eigenvalue weighted by molar-refractivity contribution is -0.138. The second-order valence-electron chi connectivity index (χ2n) is 8.73. The number of anilines is 1. The van der Waals surface area contributed by atoms with E-state index in [1.807, 2.05) is 40.2 Å². The van der Waals surface area contributed by atoms with Crippen molar-refractivity contribution < 1.29 is 13.7 Å². The molecule has 2 unspecified atom stereocenters. The summed E-state index contributed by atoms with van der Waals surface area (Å²) in [6.07, 6.45) is 4.91. The van der Waals surface area contributed by atoms with E-state index in [0.717, 1.165) is 42.9 Å². The molecule has 164 valence electrons. The van der Waals surface area contributed by atoms with Crippen LogP contribution in [0.2, 0.25) is 0 Å². The highest BCUT2D eigenvalue weighted by Crippen LogP contribution is 2.32. The Labute approximate surface area is 180 Å². The molecule has 2 aliphatic rings. The maximum atomic E-state index is 12.6. The number of carbonyl (C=O) groups excluding carboxylic acids is 1. The summed E-state index contributed by atoms with van der Waals surface area (Å²) < 4.78 is 24.2. The van der Waals surface area contributed by atoms with Crippen LogP contribution in [-0.4, -0.2) is 61.4 Å². The van der Waals surface area contributed by atoms with Crippen LogP contribution in [0.5, 0.6) is 0 Å². The van der Waals surface area contributed by atoms with Gasteiger partial charge in [-0.05, 0) is 58.0 Å². The third-order valence-electron chi connectivity index (χ3n) is 5.06. The van der Waals surface area contributed by atoms with Crippen molar-refractivity contribution in [2.24, 2.45) is 7.05 Å². The molecule has 9 heteroatoms. The van der Waals surface area contributed by atoms with Gasteiger partial charge in [0.15, 0.2) is 11.2 Å². The Morgan fingerprint density at radius 1 is 1.27 bits per heavy atom. The molecule has 3 heterocycles. The molecule has 1 N–H and O–H groups in total. The maximum Gasteiger partial charge on any atom is 0.293 e. The number of benzene rings is 1. The highest BCUT2D eigenvalue weighted by molar-refractivity contribution is 7.84. The fourth-order valence-corrected chi connectivity index (χ4v) is 4.69. The summed E-state index contributed by atoms with van der Waals surface area (Å²) in [6, 6.07) is 6.68. The van der Waals surface area contributed by atoms with Crippen LogP contribution in [0.25, 0.3) is 11.1 Å². The predicted molar refractivity (Wildman–Crippen MR) is 119 cm³/mol. The molecule has 0 bridgehead atoms. The Morgan fingerprint density at radius 2 is 2.03 bits per heavy atom. The van der Waals surface area contributed by atoms with E-state index >= 15 is 0 Å². The number of carbonyl (C=O) groups is 1. The molecule has 2 atom stereocenters. The minimum absolute atomic E-state index is 0.318. The fourth-order valence-electron chi connectivity index (χ4n) is 3.49. The van der Waals surface area contributed by atoms with Crippen LogP contribution in [0.3, 0.4) is 0 Å². The van der Waals surface area contributed by atoms with Crippen molar-refractivity contribution >= 4 is 23.3 Å². The molecule has 0 radical (unpaired) electrons. The fraction of sp³-hybridized carbons (Fsp3) is 0.524. The summed E-state index contributed by atoms with van der Waals surface area (Å²) in [5.74, 6) is 0. The SMILES string of the molecule is CC(C)(C)OC=O.CN1CCC(N2Cc3ccc(-c4cnn(C)c4)cc3NS2=O)C1. The summed E-state index contributed by atoms with van der Waals surface area (Å²) in [4.78, 5) is 11.9. The van der Waals surface area contributed by atoms with Gasteiger partial charge >= 0.3 is 0 Å². The quantitative estimate of drug-likeness (QED) is 0.753. The number of aromatic nitrogens is 2. The van der Waals surface area contributed by atoms with Crippen LogP contribution in [0, 0.1) is 0 Å². The normalized spacial score (nSPS) is 21.9. The Morgan fingerprint density at radius 3 is 2.57 bits per heavy atom. The maximum absolute atomic E-state index is 12.6. The van der Waals surface area contributed by atoms with Gasteiger partial charge < -0.3 is 9.64 Å². The molecular formula is C21H31N5O3S. The van der Waals surface area contributed by atoms with Crippen LogP contribution in [-0.2, 0) is 34.3 Å². The van der Waals surface area contributed by atoms with Crippen LogP contribution < -0.4 is 4.72 Å². The molecule has 0 aliphatic carbocycles. The first kappa shape index (κ1) is 22.5. The highest BCUT2D eigenvalue weighted by Gasteiger charge is 2.32. The zero-order valence-corrected chi connectivity index (χ0v) is 19.1. The van der Waals surface area contributed by atoms with Crippen LogP contribution in [0.4, 0.5) is 5.69 Å². The average molecular weight is 434 g/mol. The number of fused-ring (bicyclic) bond motifs is 1. The summed E-state index contributed by atoms with van der Waals surface area (Å²) in [6.45, 7) is 8.71. The lowest BCUT2D eigenvalue weighted by Gasteiger charge is -2.32. The van der Waals surface area contributed by atoms with Gasteiger partial charge in [0.2, 0.25) is 0 Å². The highest BCUT2D eigenvalue weighted by atomic mass is 32.2. The van der Waals surface area contributed by atoms with E-state index in [2.05, 4.69) is 49.0 Å². The van der Waals surface area contributed by atoms with Crippen molar-refractivity contribution in [3.05, 3.63) is 36.2 Å². The van der Waals surface area contributed by atoms with E-state index in [4.69, 9.17) is 0 Å². The number of ether oxygens (including phenoxy) is 1. The number of hydrogen-bond acceptors (Lipinski definition) is 5. The molecule has 0 amide bonds. The number of nitrogens with one attached hydrogen (secondary N) is 1. The third-order valence-corrected chi connectivity index (χ3v) is 6.31. The number of likely N-dealkylation sites (N-methyl/N-ethyl adjacent to an activating group) is 1. The summed E-state index contributed by atoms with van der Waals surface area (Å²) in [5, 5.41) is 4.21. The zero-order valence-electron chi connectivity index (χ0n) is 18.3. The van der Waals surface area contributed by atoms with E-state index in [1.54, 1.807) is 4.68 Å². The number of aryl methyl sites for hydroxylation is 1. The predicted octanol–water partition coefficient (Wildman–Crippen LogP) is 2.56. The molecule has 0 saturated carbocycles. The van der Waals surface area contributed by atoms with Gasteiger partial charge in [-0.25, -0.2) is 4.21 Å². The van der Waals surface area contributed by atoms with Crippen LogP contribution >= 0.6 is 0 Å². The van der Waals surface area contributed by atoms with E-state index in [9.17, 15) is 9.00 Å². The largest absolute Gasteiger partial charge is 0.462 e. The van der Waals surface area contributed by atoms with Gasteiger partial charge in [0, 0.05) is 37.9 Å². The van der Waals surface area contributed by atoms with Gasteiger partial charge in [-0.2, -0.15) is 9.40 Å². The Balaban J connectivity index is 0.000000318. The minimum atomic E-state index is -1.17. The van der Waals surface area contributed by atoms with Crippen molar-refractivity contribution in [3.63, 3.8) is 0 Å². The van der Waals surface area contributed by atoms with Crippen molar-refractivity contribution in [3.8, 4) is 11.1 Å². The van der Waals surface area contributed by atoms with Crippen LogP contribution in [0.1, 0.15) is 32.8 Å². The summed E-state index contributed by atoms with van der Waals surface area (Å²) in [5.41, 5.74) is 4.01. The van der Waals surface area contributed by atoms with Gasteiger partial charge in [-0.3, -0.25) is 14.2 Å². The molecule has 1 aromatic carbocycles. The molecule has 4 rings (SSSR count). The van der Waals surface area contributed by atoms with Gasteiger partial charge in [-0.15, -0.1) is 0 Å². The van der Waals surface area contributed by atoms with Crippen molar-refractivity contribution in [1.29, 1.82) is 0 Å². The first-order valence-electron chi connectivity index (χ1n) is 10.0. The number of hydrogen-bond donors (Lipinski definition) is 1. The summed E-state index contributed by atoms with van der Waals surface area (Å²) >= 11 is -1.17. The first-order chi connectivity index (χ1) is 14.2. The number of nitrogens with zero attached hydrogens (tertiary/aromatic N) is 4. The molecular weight excluding hydrogens is 402 g/mol. The Bertz CT molecular complexity index is 908. The molecule has 2 aliphatic heterocycles. The molecule has 2 aromatic rings. The van der Waals surface area contributed by atoms with Crippen molar-refractivity contribution in [2.45, 2.75) is 45.4 Å². The number of likely N-dealkylation sites (tertiary alicyclic amines) is 1. The van der Waals surface area contributed by atoms with E-state index in [1.165, 1.54) is 5.56 Å². The van der Waals surface area contributed by atoms with Crippen LogP contribution in [0.15, 0.2) is 30.6 Å². The standard InChI is InChI=1S/C16H21N5OS.C5H10O2/c1-19-6-5-15(11-19)21-10-13-4-3-12(7-16(13)18-23(21)22)14-8-17-20(2)9-14;1-5(2,3)7-4-6/h3-4,7-9,15,18H,5-6,10-11H2,1-2H3;4H,1-3H3. The zero-order chi connectivity index (χ0) is 21.9. The molecule has 1 fully saturated rings. The van der Waals surface area contributed by atoms with Gasteiger partial charge in [0.1, 0.15) is 5.60 Å². The first-order valence-corrected chi connectivity index (χ1v) is 11.1. The average Bonchev–Trinajstić information content (AvgIpc) is 3.28. The van der Waals surface area contributed by atoms with Gasteiger partial charge in [0.25, 0.3) is 6.47 Å². The third kappa shape index (κ3) is 5.68.